The number of hydrogen-bond acceptors (Lipinski definition) is 3. The number of halogens is 2. The van der Waals surface area contributed by atoms with Gasteiger partial charge in [-0.2, -0.15) is 0 Å². The molecule has 4 nitrogen and oxygen atoms in total. The van der Waals surface area contributed by atoms with E-state index in [0.717, 1.165) is 42.8 Å². The largest absolute Gasteiger partial charge is 0.356 e. The number of fused-ring (bicyclic) bond motifs is 1. The van der Waals surface area contributed by atoms with E-state index in [1.165, 1.54) is 15.8 Å². The standard InChI is InChI=1S/C20H23FN4S.HI/c1-22-20(24-13-11-15-6-4-7-16(21)14-15)23-12-5-10-19-25-17-8-2-3-9-18(17)26-19;/h2-4,6-9,14H,5,10-13H2,1H3,(H2,22,23,24);1H. The topological polar surface area (TPSA) is 49.3 Å². The van der Waals surface area contributed by atoms with Gasteiger partial charge in [-0.3, -0.25) is 4.99 Å². The lowest BCUT2D eigenvalue weighted by molar-refractivity contribution is 0.625. The molecule has 0 saturated heterocycles. The van der Waals surface area contributed by atoms with Gasteiger partial charge in [0.1, 0.15) is 5.82 Å². The average molecular weight is 498 g/mol. The minimum absolute atomic E-state index is 0. The Labute approximate surface area is 180 Å². The summed E-state index contributed by atoms with van der Waals surface area (Å²) < 4.78 is 14.4. The highest BCUT2D eigenvalue weighted by atomic mass is 127. The SMILES string of the molecule is CN=C(NCCCc1nc2ccccc2s1)NCCc1cccc(F)c1.I. The third kappa shape index (κ3) is 6.73. The molecule has 0 fully saturated rings. The molecule has 0 saturated carbocycles. The fourth-order valence-corrected chi connectivity index (χ4v) is 3.72. The van der Waals surface area contributed by atoms with Crippen molar-refractivity contribution >= 4 is 51.5 Å². The van der Waals surface area contributed by atoms with E-state index in [4.69, 9.17) is 0 Å². The van der Waals surface area contributed by atoms with Crippen molar-refractivity contribution < 1.29 is 4.39 Å². The van der Waals surface area contributed by atoms with Gasteiger partial charge < -0.3 is 10.6 Å². The zero-order valence-corrected chi connectivity index (χ0v) is 18.4. The van der Waals surface area contributed by atoms with Crippen LogP contribution < -0.4 is 10.6 Å². The summed E-state index contributed by atoms with van der Waals surface area (Å²) in [7, 11) is 1.76. The smallest absolute Gasteiger partial charge is 0.190 e. The Morgan fingerprint density at radius 3 is 2.67 bits per heavy atom. The molecular formula is C20H24FIN4S. The van der Waals surface area contributed by atoms with E-state index < -0.39 is 0 Å². The van der Waals surface area contributed by atoms with Crippen LogP contribution in [0.15, 0.2) is 53.5 Å². The molecule has 0 aliphatic heterocycles. The predicted molar refractivity (Wildman–Crippen MR) is 123 cm³/mol. The van der Waals surface area contributed by atoms with Crippen LogP contribution in [-0.2, 0) is 12.8 Å². The molecule has 7 heteroatoms. The van der Waals surface area contributed by atoms with Crippen LogP contribution in [-0.4, -0.2) is 31.1 Å². The zero-order valence-electron chi connectivity index (χ0n) is 15.2. The highest BCUT2D eigenvalue weighted by Crippen LogP contribution is 2.22. The van der Waals surface area contributed by atoms with Crippen molar-refractivity contribution in [2.75, 3.05) is 20.1 Å². The highest BCUT2D eigenvalue weighted by molar-refractivity contribution is 14.0. The number of nitrogens with one attached hydrogen (secondary N) is 2. The first-order valence-corrected chi connectivity index (χ1v) is 9.59. The second-order valence-corrected chi connectivity index (χ2v) is 7.10. The van der Waals surface area contributed by atoms with E-state index in [9.17, 15) is 4.39 Å². The second kappa shape index (κ2) is 11.2. The molecule has 144 valence electrons. The zero-order chi connectivity index (χ0) is 18.2. The maximum Gasteiger partial charge on any atom is 0.190 e. The van der Waals surface area contributed by atoms with Crippen LogP contribution in [0.5, 0.6) is 0 Å². The van der Waals surface area contributed by atoms with Crippen molar-refractivity contribution in [2.45, 2.75) is 19.3 Å². The maximum atomic E-state index is 13.2. The molecule has 3 rings (SSSR count). The van der Waals surface area contributed by atoms with Gasteiger partial charge in [0.2, 0.25) is 0 Å². The van der Waals surface area contributed by atoms with Gasteiger partial charge in [-0.25, -0.2) is 9.37 Å². The monoisotopic (exact) mass is 498 g/mol. The fourth-order valence-electron chi connectivity index (χ4n) is 2.71. The van der Waals surface area contributed by atoms with Gasteiger partial charge in [0, 0.05) is 26.6 Å². The third-order valence-corrected chi connectivity index (χ3v) is 5.11. The number of guanidine groups is 1. The first-order chi connectivity index (χ1) is 12.7. The van der Waals surface area contributed by atoms with Gasteiger partial charge in [0.25, 0.3) is 0 Å². The van der Waals surface area contributed by atoms with E-state index in [1.807, 2.05) is 18.2 Å². The first kappa shape index (κ1) is 21.6. The number of thiazole rings is 1. The van der Waals surface area contributed by atoms with E-state index in [1.54, 1.807) is 30.5 Å². The van der Waals surface area contributed by atoms with Crippen molar-refractivity contribution in [1.82, 2.24) is 15.6 Å². The third-order valence-electron chi connectivity index (χ3n) is 4.02. The summed E-state index contributed by atoms with van der Waals surface area (Å²) in [5, 5.41) is 7.74. The maximum absolute atomic E-state index is 13.2. The van der Waals surface area contributed by atoms with Crippen LogP contribution in [0.3, 0.4) is 0 Å². The highest BCUT2D eigenvalue weighted by Gasteiger charge is 2.03. The van der Waals surface area contributed by atoms with Crippen LogP contribution in [0.1, 0.15) is 17.0 Å². The molecule has 0 aliphatic carbocycles. The molecule has 0 aliphatic rings. The minimum atomic E-state index is -0.195. The molecule has 0 atom stereocenters. The molecule has 1 heterocycles. The number of aryl methyl sites for hydroxylation is 1. The molecule has 3 aromatic rings. The number of aliphatic imine (C=N–C) groups is 1. The lowest BCUT2D eigenvalue weighted by Gasteiger charge is -2.11. The van der Waals surface area contributed by atoms with E-state index >= 15 is 0 Å². The van der Waals surface area contributed by atoms with Gasteiger partial charge in [-0.05, 0) is 42.7 Å². The molecule has 0 unspecified atom stereocenters. The van der Waals surface area contributed by atoms with E-state index in [-0.39, 0.29) is 29.8 Å². The van der Waals surface area contributed by atoms with Crippen LogP contribution in [0.2, 0.25) is 0 Å². The van der Waals surface area contributed by atoms with Gasteiger partial charge in [0.05, 0.1) is 15.2 Å². The van der Waals surface area contributed by atoms with Crippen LogP contribution in [0.4, 0.5) is 4.39 Å². The fraction of sp³-hybridized carbons (Fsp3) is 0.300. The Hall–Kier alpha value is -1.74. The van der Waals surface area contributed by atoms with Crippen molar-refractivity contribution in [3.05, 3.63) is 64.9 Å². The molecule has 2 N–H and O–H groups in total. The Bertz CT molecular complexity index is 848. The van der Waals surface area contributed by atoms with Crippen molar-refractivity contribution in [1.29, 1.82) is 0 Å². The van der Waals surface area contributed by atoms with Crippen LogP contribution >= 0.6 is 35.3 Å². The van der Waals surface area contributed by atoms with Crippen LogP contribution in [0.25, 0.3) is 10.2 Å². The van der Waals surface area contributed by atoms with Crippen molar-refractivity contribution in [3.8, 4) is 0 Å². The number of hydrogen-bond donors (Lipinski definition) is 2. The minimum Gasteiger partial charge on any atom is -0.356 e. The van der Waals surface area contributed by atoms with E-state index in [0.29, 0.717) is 6.54 Å². The average Bonchev–Trinajstić information content (AvgIpc) is 3.06. The quantitative estimate of drug-likeness (QED) is 0.220. The molecule has 0 amide bonds. The Balaban J connectivity index is 0.00000261. The lowest BCUT2D eigenvalue weighted by atomic mass is 10.1. The first-order valence-electron chi connectivity index (χ1n) is 8.78. The van der Waals surface area contributed by atoms with Crippen molar-refractivity contribution in [2.24, 2.45) is 4.99 Å². The summed E-state index contributed by atoms with van der Waals surface area (Å²) in [4.78, 5) is 8.88. The Morgan fingerprint density at radius 2 is 1.89 bits per heavy atom. The van der Waals surface area contributed by atoms with Crippen molar-refractivity contribution in [3.63, 3.8) is 0 Å². The molecule has 2 aromatic carbocycles. The number of aromatic nitrogens is 1. The summed E-state index contributed by atoms with van der Waals surface area (Å²) in [5.74, 6) is 0.575. The number of benzene rings is 2. The molecular weight excluding hydrogens is 474 g/mol. The van der Waals surface area contributed by atoms with E-state index in [2.05, 4.69) is 32.7 Å². The summed E-state index contributed by atoms with van der Waals surface area (Å²) in [5.41, 5.74) is 2.05. The Morgan fingerprint density at radius 1 is 1.07 bits per heavy atom. The normalized spacial score (nSPS) is 11.3. The molecule has 0 radical (unpaired) electrons. The molecule has 27 heavy (non-hydrogen) atoms. The summed E-state index contributed by atoms with van der Waals surface area (Å²) in [6.45, 7) is 1.54. The number of rotatable bonds is 7. The summed E-state index contributed by atoms with van der Waals surface area (Å²) >= 11 is 1.76. The van der Waals surface area contributed by atoms with Crippen LogP contribution in [0, 0.1) is 5.82 Å². The van der Waals surface area contributed by atoms with Gasteiger partial charge in [-0.15, -0.1) is 35.3 Å². The lowest BCUT2D eigenvalue weighted by Crippen LogP contribution is -2.38. The summed E-state index contributed by atoms with van der Waals surface area (Å²) in [6, 6.07) is 14.9. The second-order valence-electron chi connectivity index (χ2n) is 5.98. The predicted octanol–water partition coefficient (Wildman–Crippen LogP) is 4.39. The molecule has 1 aromatic heterocycles. The Kier molecular flexibility index (Phi) is 8.93. The molecule has 0 spiro atoms. The summed E-state index contributed by atoms with van der Waals surface area (Å²) in [6.07, 6.45) is 2.70. The number of para-hydroxylation sites is 1. The number of nitrogens with zero attached hydrogens (tertiary/aromatic N) is 2. The molecule has 0 bridgehead atoms. The van der Waals surface area contributed by atoms with Gasteiger partial charge in [0.15, 0.2) is 5.96 Å². The van der Waals surface area contributed by atoms with Gasteiger partial charge >= 0.3 is 0 Å². The van der Waals surface area contributed by atoms with Gasteiger partial charge in [-0.1, -0.05) is 24.3 Å².